The Kier molecular flexibility index (Phi) is 4.68. The van der Waals surface area contributed by atoms with Crippen molar-refractivity contribution >= 4 is 21.6 Å². The summed E-state index contributed by atoms with van der Waals surface area (Å²) in [6.07, 6.45) is 4.38. The number of benzene rings is 2. The highest BCUT2D eigenvalue weighted by Gasteiger charge is 2.20. The van der Waals surface area contributed by atoms with Crippen LogP contribution in [0.2, 0.25) is 0 Å². The lowest BCUT2D eigenvalue weighted by molar-refractivity contribution is 0.307. The van der Waals surface area contributed by atoms with E-state index in [2.05, 4.69) is 36.2 Å². The lowest BCUT2D eigenvalue weighted by atomic mass is 9.97. The van der Waals surface area contributed by atoms with Crippen molar-refractivity contribution in [3.05, 3.63) is 80.5 Å². The Morgan fingerprint density at radius 2 is 1.86 bits per heavy atom. The number of fused-ring (bicyclic) bond motifs is 3. The maximum absolute atomic E-state index is 12.9. The van der Waals surface area contributed by atoms with Crippen LogP contribution in [0.15, 0.2) is 53.3 Å². The number of hydrogen-bond donors (Lipinski definition) is 1. The van der Waals surface area contributed by atoms with Gasteiger partial charge in [-0.15, -0.1) is 11.3 Å². The summed E-state index contributed by atoms with van der Waals surface area (Å²) < 4.78 is 6.09. The van der Waals surface area contributed by atoms with E-state index in [4.69, 9.17) is 9.72 Å². The van der Waals surface area contributed by atoms with Crippen molar-refractivity contribution in [1.82, 2.24) is 9.97 Å². The zero-order valence-corrected chi connectivity index (χ0v) is 17.1. The highest BCUT2D eigenvalue weighted by atomic mass is 32.1. The summed E-state index contributed by atoms with van der Waals surface area (Å²) in [6.45, 7) is 2.54. The molecule has 0 saturated carbocycles. The normalized spacial score (nSPS) is 13.4. The molecule has 1 aliphatic carbocycles. The van der Waals surface area contributed by atoms with Gasteiger partial charge >= 0.3 is 0 Å². The van der Waals surface area contributed by atoms with Crippen molar-refractivity contribution in [2.24, 2.45) is 0 Å². The van der Waals surface area contributed by atoms with Gasteiger partial charge in [-0.25, -0.2) is 4.98 Å². The summed E-state index contributed by atoms with van der Waals surface area (Å²) in [5.41, 5.74) is 4.30. The summed E-state index contributed by atoms with van der Waals surface area (Å²) in [5, 5.41) is 0.784. The summed E-state index contributed by atoms with van der Waals surface area (Å²) >= 11 is 1.67. The largest absolute Gasteiger partial charge is 0.488 e. The lowest BCUT2D eigenvalue weighted by Crippen LogP contribution is -2.11. The van der Waals surface area contributed by atoms with Crippen LogP contribution < -0.4 is 10.3 Å². The third-order valence-electron chi connectivity index (χ3n) is 5.48. The van der Waals surface area contributed by atoms with Crippen LogP contribution in [0.25, 0.3) is 21.6 Å². The molecular formula is C24H22N2O2S. The second kappa shape index (κ2) is 7.48. The third kappa shape index (κ3) is 3.47. The fraction of sp³-hybridized carbons (Fsp3) is 0.250. The minimum Gasteiger partial charge on any atom is -0.488 e. The molecule has 0 amide bonds. The van der Waals surface area contributed by atoms with Crippen LogP contribution in [-0.2, 0) is 19.4 Å². The summed E-state index contributed by atoms with van der Waals surface area (Å²) in [6, 6.07) is 16.0. The zero-order chi connectivity index (χ0) is 19.8. The van der Waals surface area contributed by atoms with Gasteiger partial charge in [0.2, 0.25) is 0 Å². The highest BCUT2D eigenvalue weighted by Crippen LogP contribution is 2.35. The molecule has 1 N–H and O–H groups in total. The van der Waals surface area contributed by atoms with E-state index in [1.165, 1.54) is 22.4 Å². The van der Waals surface area contributed by atoms with E-state index in [-0.39, 0.29) is 5.56 Å². The molecule has 4 aromatic rings. The monoisotopic (exact) mass is 402 g/mol. The molecule has 0 aliphatic heterocycles. The van der Waals surface area contributed by atoms with Gasteiger partial charge in [0.25, 0.3) is 5.56 Å². The highest BCUT2D eigenvalue weighted by molar-refractivity contribution is 7.18. The predicted molar refractivity (Wildman–Crippen MR) is 118 cm³/mol. The number of thiophene rings is 1. The van der Waals surface area contributed by atoms with E-state index >= 15 is 0 Å². The molecule has 2 aromatic carbocycles. The maximum Gasteiger partial charge on any atom is 0.260 e. The van der Waals surface area contributed by atoms with Crippen molar-refractivity contribution in [1.29, 1.82) is 0 Å². The Morgan fingerprint density at radius 3 is 2.72 bits per heavy atom. The van der Waals surface area contributed by atoms with Crippen LogP contribution in [0.5, 0.6) is 5.75 Å². The Labute approximate surface area is 173 Å². The maximum atomic E-state index is 12.9. The summed E-state index contributed by atoms with van der Waals surface area (Å²) in [7, 11) is 0. The first-order chi connectivity index (χ1) is 14.2. The van der Waals surface area contributed by atoms with Crippen molar-refractivity contribution in [3.8, 4) is 17.1 Å². The molecule has 146 valence electrons. The molecule has 29 heavy (non-hydrogen) atoms. The number of hydrogen-bond acceptors (Lipinski definition) is 4. The van der Waals surface area contributed by atoms with Crippen LogP contribution >= 0.6 is 11.3 Å². The molecule has 5 heteroatoms. The molecule has 1 aliphatic rings. The molecule has 2 heterocycles. The number of aryl methyl sites for hydroxylation is 3. The van der Waals surface area contributed by atoms with Crippen molar-refractivity contribution in [2.75, 3.05) is 0 Å². The van der Waals surface area contributed by atoms with Crippen molar-refractivity contribution in [3.63, 3.8) is 0 Å². The molecule has 2 aromatic heterocycles. The number of nitrogens with zero attached hydrogens (tertiary/aromatic N) is 1. The first-order valence-corrected chi connectivity index (χ1v) is 10.8. The number of aromatic nitrogens is 2. The van der Waals surface area contributed by atoms with Crippen LogP contribution in [-0.4, -0.2) is 9.97 Å². The van der Waals surface area contributed by atoms with E-state index < -0.39 is 0 Å². The fourth-order valence-electron chi connectivity index (χ4n) is 3.93. The van der Waals surface area contributed by atoms with Gasteiger partial charge in [0, 0.05) is 4.88 Å². The van der Waals surface area contributed by atoms with E-state index in [1.807, 2.05) is 24.3 Å². The molecule has 4 nitrogen and oxygen atoms in total. The number of rotatable bonds is 4. The van der Waals surface area contributed by atoms with E-state index in [0.29, 0.717) is 12.4 Å². The van der Waals surface area contributed by atoms with Gasteiger partial charge in [0.1, 0.15) is 23.0 Å². The average molecular weight is 403 g/mol. The number of aromatic amines is 1. The van der Waals surface area contributed by atoms with Gasteiger partial charge in [-0.1, -0.05) is 42.0 Å². The molecule has 0 saturated heterocycles. The van der Waals surface area contributed by atoms with E-state index in [0.717, 1.165) is 46.4 Å². The minimum absolute atomic E-state index is 0.0438. The summed E-state index contributed by atoms with van der Waals surface area (Å²) in [4.78, 5) is 22.9. The van der Waals surface area contributed by atoms with Crippen LogP contribution in [0.4, 0.5) is 0 Å². The molecule has 0 radical (unpaired) electrons. The van der Waals surface area contributed by atoms with Gasteiger partial charge in [-0.05, 0) is 55.9 Å². The molecule has 0 bridgehead atoms. The van der Waals surface area contributed by atoms with Gasteiger partial charge in [0.05, 0.1) is 10.9 Å². The fourth-order valence-corrected chi connectivity index (χ4v) is 5.19. The molecule has 0 fully saturated rings. The minimum atomic E-state index is -0.0438. The first-order valence-electron chi connectivity index (χ1n) is 10.0. The standard InChI is InChI=1S/C24H22N2O2S/c1-15-10-12-16(13-11-15)14-28-19-8-4-2-6-17(19)22-25-23(27)21-18-7-3-5-9-20(18)29-24(21)26-22/h2,4,6,8,10-13H,3,5,7,9,14H2,1H3,(H,25,26,27). The van der Waals surface area contributed by atoms with Gasteiger partial charge in [-0.3, -0.25) is 4.79 Å². The smallest absolute Gasteiger partial charge is 0.260 e. The first kappa shape index (κ1) is 18.1. The number of H-pyrrole nitrogens is 1. The molecule has 0 unspecified atom stereocenters. The Morgan fingerprint density at radius 1 is 1.07 bits per heavy atom. The van der Waals surface area contributed by atoms with Crippen LogP contribution in [0, 0.1) is 6.92 Å². The third-order valence-corrected chi connectivity index (χ3v) is 6.67. The Bertz CT molecular complexity index is 1240. The van der Waals surface area contributed by atoms with Gasteiger partial charge in [-0.2, -0.15) is 0 Å². The number of ether oxygens (including phenoxy) is 1. The lowest BCUT2D eigenvalue weighted by Gasteiger charge is -2.12. The molecule has 0 atom stereocenters. The quantitative estimate of drug-likeness (QED) is 0.496. The second-order valence-corrected chi connectivity index (χ2v) is 8.66. The topological polar surface area (TPSA) is 55.0 Å². The van der Waals surface area contributed by atoms with Crippen molar-refractivity contribution < 1.29 is 4.74 Å². The number of nitrogens with one attached hydrogen (secondary N) is 1. The van der Waals surface area contributed by atoms with E-state index in [1.54, 1.807) is 11.3 Å². The van der Waals surface area contributed by atoms with Gasteiger partial charge in [0.15, 0.2) is 0 Å². The van der Waals surface area contributed by atoms with Crippen LogP contribution in [0.1, 0.15) is 34.4 Å². The van der Waals surface area contributed by atoms with E-state index in [9.17, 15) is 4.79 Å². The zero-order valence-electron chi connectivity index (χ0n) is 16.3. The van der Waals surface area contributed by atoms with Gasteiger partial charge < -0.3 is 9.72 Å². The number of para-hydroxylation sites is 1. The molecule has 0 spiro atoms. The Hall–Kier alpha value is -2.92. The second-order valence-electron chi connectivity index (χ2n) is 7.58. The SMILES string of the molecule is Cc1ccc(COc2ccccc2-c2nc3sc4c(c3c(=O)[nH]2)CCCC4)cc1. The molecule has 5 rings (SSSR count). The predicted octanol–water partition coefficient (Wildman–Crippen LogP) is 5.42. The average Bonchev–Trinajstić information content (AvgIpc) is 3.12. The molecular weight excluding hydrogens is 380 g/mol. The Balaban J connectivity index is 1.51. The van der Waals surface area contributed by atoms with Crippen molar-refractivity contribution in [2.45, 2.75) is 39.2 Å². The van der Waals surface area contributed by atoms with Crippen LogP contribution in [0.3, 0.4) is 0 Å². The summed E-state index contributed by atoms with van der Waals surface area (Å²) in [5.74, 6) is 1.29.